The Morgan fingerprint density at radius 1 is 1.11 bits per heavy atom. The van der Waals surface area contributed by atoms with E-state index in [1.807, 2.05) is 31.2 Å². The van der Waals surface area contributed by atoms with Crippen LogP contribution in [0.25, 0.3) is 0 Å². The molecule has 1 heterocycles. The van der Waals surface area contributed by atoms with Gasteiger partial charge in [0.15, 0.2) is 11.5 Å². The van der Waals surface area contributed by atoms with E-state index in [2.05, 4.69) is 26.3 Å². The molecule has 0 saturated carbocycles. The fourth-order valence-electron chi connectivity index (χ4n) is 3.57. The Morgan fingerprint density at radius 3 is 2.43 bits per heavy atom. The average molecular weight is 595 g/mol. The predicted octanol–water partition coefficient (Wildman–Crippen LogP) is 5.38. The van der Waals surface area contributed by atoms with Gasteiger partial charge in [-0.1, -0.05) is 36.7 Å². The van der Waals surface area contributed by atoms with Gasteiger partial charge in [-0.3, -0.25) is 9.59 Å². The van der Waals surface area contributed by atoms with Crippen LogP contribution in [0.5, 0.6) is 17.4 Å². The number of esters is 1. The number of benzene rings is 2. The van der Waals surface area contributed by atoms with Crippen molar-refractivity contribution in [2.75, 3.05) is 26.1 Å². The van der Waals surface area contributed by atoms with Crippen molar-refractivity contribution in [2.45, 2.75) is 39.5 Å². The summed E-state index contributed by atoms with van der Waals surface area (Å²) in [4.78, 5) is 25.1. The van der Waals surface area contributed by atoms with E-state index in [9.17, 15) is 9.59 Å². The Hall–Kier alpha value is -3.24. The number of halogens is 2. The van der Waals surface area contributed by atoms with Gasteiger partial charge >= 0.3 is 5.97 Å². The summed E-state index contributed by atoms with van der Waals surface area (Å²) in [5, 5.41) is 8.23. The maximum absolute atomic E-state index is 13.0. The molecule has 1 aromatic heterocycles. The van der Waals surface area contributed by atoms with Gasteiger partial charge in [0, 0.05) is 11.6 Å². The normalized spacial score (nSPS) is 11.5. The van der Waals surface area contributed by atoms with Gasteiger partial charge in [0.05, 0.1) is 20.8 Å². The molecule has 2 aromatic carbocycles. The van der Waals surface area contributed by atoms with E-state index in [4.69, 9.17) is 30.5 Å². The summed E-state index contributed by atoms with van der Waals surface area (Å²) >= 11 is 9.43. The van der Waals surface area contributed by atoms with Crippen LogP contribution in [-0.2, 0) is 22.6 Å². The van der Waals surface area contributed by atoms with Gasteiger partial charge in [-0.05, 0) is 64.7 Å². The van der Waals surface area contributed by atoms with Crippen molar-refractivity contribution in [3.8, 4) is 17.4 Å². The van der Waals surface area contributed by atoms with Gasteiger partial charge in [0.2, 0.25) is 0 Å². The minimum absolute atomic E-state index is 0.151. The number of hydrogen-bond acceptors (Lipinski definition) is 8. The Balaban J connectivity index is 1.99. The molecule has 0 aliphatic heterocycles. The molecule has 0 fully saturated rings. The van der Waals surface area contributed by atoms with E-state index in [1.54, 1.807) is 39.3 Å². The second-order valence-corrected chi connectivity index (χ2v) is 9.10. The lowest BCUT2D eigenvalue weighted by Gasteiger charge is -2.21. The van der Waals surface area contributed by atoms with Crippen LogP contribution in [0, 0.1) is 0 Å². The van der Waals surface area contributed by atoms with Crippen molar-refractivity contribution >= 4 is 39.2 Å². The maximum atomic E-state index is 13.0. The number of hydrogen-bond donors (Lipinski definition) is 1. The molecule has 0 radical (unpaired) electrons. The second-order valence-electron chi connectivity index (χ2n) is 7.87. The van der Waals surface area contributed by atoms with E-state index < -0.39 is 11.5 Å². The lowest BCUT2D eigenvalue weighted by atomic mass is 10.1. The molecule has 1 N–H and O–H groups in total. The number of carbonyl (C=O) groups excluding carboxylic acids is 1. The third-order valence-corrected chi connectivity index (χ3v) is 6.42. The summed E-state index contributed by atoms with van der Waals surface area (Å²) in [6, 6.07) is 12.8. The molecule has 0 spiro atoms. The van der Waals surface area contributed by atoms with Crippen molar-refractivity contribution in [2.24, 2.45) is 0 Å². The molecule has 3 aromatic rings. The van der Waals surface area contributed by atoms with Gasteiger partial charge in [-0.2, -0.15) is 0 Å². The number of ether oxygens (including phenoxy) is 4. The number of rotatable bonds is 12. The van der Waals surface area contributed by atoms with Crippen molar-refractivity contribution < 1.29 is 23.7 Å². The van der Waals surface area contributed by atoms with Crippen LogP contribution in [0.2, 0.25) is 5.02 Å². The fourth-order valence-corrected chi connectivity index (χ4v) is 4.21. The van der Waals surface area contributed by atoms with Crippen LogP contribution in [0.4, 0.5) is 5.69 Å². The molecule has 11 heteroatoms. The quantitative estimate of drug-likeness (QED) is 0.279. The SMILES string of the molecule is CCOC(=O)Cn1nc(OC(CC)c2ccc(Cl)cc2)c(NCc2ccc(OC)c(OC)c2)c(Br)c1=O. The van der Waals surface area contributed by atoms with Gasteiger partial charge in [-0.25, -0.2) is 4.68 Å². The van der Waals surface area contributed by atoms with Gasteiger partial charge in [-0.15, -0.1) is 5.10 Å². The minimum atomic E-state index is -0.578. The highest BCUT2D eigenvalue weighted by Gasteiger charge is 2.22. The highest BCUT2D eigenvalue weighted by atomic mass is 79.9. The molecule has 1 atom stereocenters. The molecule has 3 rings (SSSR count). The topological polar surface area (TPSA) is 101 Å². The first kappa shape index (κ1) is 28.3. The van der Waals surface area contributed by atoms with Gasteiger partial charge in [0.1, 0.15) is 22.8 Å². The zero-order chi connectivity index (χ0) is 26.9. The van der Waals surface area contributed by atoms with E-state index in [-0.39, 0.29) is 29.6 Å². The molecular formula is C26H29BrClN3O6. The second kappa shape index (κ2) is 13.3. The fraction of sp³-hybridized carbons (Fsp3) is 0.346. The predicted molar refractivity (Wildman–Crippen MR) is 145 cm³/mol. The first-order valence-corrected chi connectivity index (χ1v) is 12.8. The molecule has 0 aliphatic carbocycles. The van der Waals surface area contributed by atoms with Crippen LogP contribution in [0.15, 0.2) is 51.7 Å². The first-order chi connectivity index (χ1) is 17.8. The number of nitrogens with zero attached hydrogens (tertiary/aromatic N) is 2. The largest absolute Gasteiger partial charge is 0.493 e. The number of aromatic nitrogens is 2. The van der Waals surface area contributed by atoms with Crippen molar-refractivity contribution in [3.05, 3.63) is 73.4 Å². The molecule has 0 aliphatic rings. The molecule has 1 unspecified atom stereocenters. The number of carbonyl (C=O) groups is 1. The molecule has 0 amide bonds. The smallest absolute Gasteiger partial charge is 0.327 e. The van der Waals surface area contributed by atoms with E-state index in [1.165, 1.54) is 0 Å². The molecule has 37 heavy (non-hydrogen) atoms. The zero-order valence-corrected chi connectivity index (χ0v) is 23.4. The summed E-state index contributed by atoms with van der Waals surface area (Å²) in [6.45, 7) is 3.83. The zero-order valence-electron chi connectivity index (χ0n) is 21.0. The molecule has 198 valence electrons. The Kier molecular flexibility index (Phi) is 10.2. The van der Waals surface area contributed by atoms with Crippen LogP contribution < -0.4 is 25.1 Å². The molecular weight excluding hydrogens is 566 g/mol. The molecule has 0 saturated heterocycles. The summed E-state index contributed by atoms with van der Waals surface area (Å²) < 4.78 is 23.2. The molecule has 0 bridgehead atoms. The van der Waals surface area contributed by atoms with Crippen molar-refractivity contribution in [1.82, 2.24) is 9.78 Å². The van der Waals surface area contributed by atoms with Crippen molar-refractivity contribution in [3.63, 3.8) is 0 Å². The minimum Gasteiger partial charge on any atom is -0.493 e. The van der Waals surface area contributed by atoms with Gasteiger partial charge in [0.25, 0.3) is 11.4 Å². The van der Waals surface area contributed by atoms with Crippen LogP contribution in [0.3, 0.4) is 0 Å². The first-order valence-electron chi connectivity index (χ1n) is 11.6. The number of methoxy groups -OCH3 is 2. The summed E-state index contributed by atoms with van der Waals surface area (Å²) in [7, 11) is 3.13. The Labute approximate surface area is 228 Å². The lowest BCUT2D eigenvalue weighted by molar-refractivity contribution is -0.144. The number of nitrogens with one attached hydrogen (secondary N) is 1. The highest BCUT2D eigenvalue weighted by molar-refractivity contribution is 9.10. The lowest BCUT2D eigenvalue weighted by Crippen LogP contribution is -2.30. The van der Waals surface area contributed by atoms with E-state index >= 15 is 0 Å². The van der Waals surface area contributed by atoms with Crippen LogP contribution in [0.1, 0.15) is 37.5 Å². The van der Waals surface area contributed by atoms with E-state index in [0.29, 0.717) is 35.2 Å². The Morgan fingerprint density at radius 2 is 1.81 bits per heavy atom. The third kappa shape index (κ3) is 7.17. The van der Waals surface area contributed by atoms with E-state index in [0.717, 1.165) is 15.8 Å². The average Bonchev–Trinajstić information content (AvgIpc) is 2.90. The highest BCUT2D eigenvalue weighted by Crippen LogP contribution is 2.34. The summed E-state index contributed by atoms with van der Waals surface area (Å²) in [6.07, 6.45) is 0.236. The summed E-state index contributed by atoms with van der Waals surface area (Å²) in [5.74, 6) is 0.756. The van der Waals surface area contributed by atoms with Gasteiger partial charge < -0.3 is 24.3 Å². The number of anilines is 1. The monoisotopic (exact) mass is 593 g/mol. The maximum Gasteiger partial charge on any atom is 0.327 e. The molecule has 9 nitrogen and oxygen atoms in total. The summed E-state index contributed by atoms with van der Waals surface area (Å²) in [5.41, 5.74) is 1.61. The standard InChI is InChI=1S/C26H29BrClN3O6/c1-5-19(17-8-10-18(28)11-9-17)37-25-24(23(27)26(33)31(30-25)15-22(32)36-6-2)29-14-16-7-12-20(34-3)21(13-16)35-4/h7-13,19,29H,5-6,14-15H2,1-4H3. The Bertz CT molecular complexity index is 1280. The van der Waals surface area contributed by atoms with Crippen LogP contribution >= 0.6 is 27.5 Å². The van der Waals surface area contributed by atoms with Crippen molar-refractivity contribution in [1.29, 1.82) is 0 Å². The third-order valence-electron chi connectivity index (χ3n) is 5.43. The van der Waals surface area contributed by atoms with Crippen LogP contribution in [-0.4, -0.2) is 36.6 Å².